The van der Waals surface area contributed by atoms with Gasteiger partial charge >= 0.3 is 0 Å². The van der Waals surface area contributed by atoms with Gasteiger partial charge in [-0.2, -0.15) is 0 Å². The number of hydrogen-bond acceptors (Lipinski definition) is 5. The van der Waals surface area contributed by atoms with E-state index in [2.05, 4.69) is 10.6 Å². The highest BCUT2D eigenvalue weighted by atomic mass is 16.3. The zero-order chi connectivity index (χ0) is 17.5. The van der Waals surface area contributed by atoms with Crippen molar-refractivity contribution in [3.05, 3.63) is 24.2 Å². The van der Waals surface area contributed by atoms with Crippen molar-refractivity contribution in [2.24, 2.45) is 11.7 Å². The number of rotatable bonds is 6. The molecular formula is C16H24N4O4. The van der Waals surface area contributed by atoms with Crippen molar-refractivity contribution in [1.82, 2.24) is 15.5 Å². The van der Waals surface area contributed by atoms with E-state index in [4.69, 9.17) is 10.2 Å². The lowest BCUT2D eigenvalue weighted by Crippen LogP contribution is -2.52. The molecule has 24 heavy (non-hydrogen) atoms. The van der Waals surface area contributed by atoms with Gasteiger partial charge in [0.25, 0.3) is 5.91 Å². The van der Waals surface area contributed by atoms with Gasteiger partial charge in [-0.05, 0) is 25.8 Å². The second-order valence-electron chi connectivity index (χ2n) is 5.91. The van der Waals surface area contributed by atoms with Crippen LogP contribution in [0.4, 0.5) is 0 Å². The minimum atomic E-state index is -0.668. The topological polar surface area (TPSA) is 118 Å². The maximum absolute atomic E-state index is 12.5. The van der Waals surface area contributed by atoms with Crippen molar-refractivity contribution < 1.29 is 18.8 Å². The molecule has 2 unspecified atom stereocenters. The molecule has 0 saturated carbocycles. The lowest BCUT2D eigenvalue weighted by Gasteiger charge is -2.33. The maximum atomic E-state index is 12.5. The summed E-state index contributed by atoms with van der Waals surface area (Å²) in [6, 6.07) is 0.865. The first kappa shape index (κ1) is 18.0. The van der Waals surface area contributed by atoms with Crippen molar-refractivity contribution in [3.8, 4) is 0 Å². The number of nitrogens with zero attached hydrogens (tertiary/aromatic N) is 1. The lowest BCUT2D eigenvalue weighted by molar-refractivity contribution is -0.137. The van der Waals surface area contributed by atoms with E-state index in [-0.39, 0.29) is 23.6 Å². The molecule has 2 heterocycles. The number of piperidine rings is 1. The predicted molar refractivity (Wildman–Crippen MR) is 87.0 cm³/mol. The average Bonchev–Trinajstić information content (AvgIpc) is 3.13. The molecule has 0 bridgehead atoms. The van der Waals surface area contributed by atoms with Crippen LogP contribution in [0.25, 0.3) is 0 Å². The molecule has 1 aromatic rings. The van der Waals surface area contributed by atoms with Crippen LogP contribution in [0.1, 0.15) is 30.1 Å². The van der Waals surface area contributed by atoms with Crippen LogP contribution < -0.4 is 16.4 Å². The van der Waals surface area contributed by atoms with Gasteiger partial charge in [0.2, 0.25) is 11.8 Å². The molecule has 8 nitrogen and oxygen atoms in total. The van der Waals surface area contributed by atoms with Crippen molar-refractivity contribution in [3.63, 3.8) is 0 Å². The second-order valence-corrected chi connectivity index (χ2v) is 5.91. The van der Waals surface area contributed by atoms with Crippen LogP contribution in [-0.2, 0) is 9.59 Å². The zero-order valence-corrected chi connectivity index (χ0v) is 13.8. The third kappa shape index (κ3) is 4.58. The van der Waals surface area contributed by atoms with Crippen LogP contribution in [-0.4, -0.2) is 54.8 Å². The molecule has 0 aromatic carbocycles. The van der Waals surface area contributed by atoms with E-state index in [9.17, 15) is 14.4 Å². The smallest absolute Gasteiger partial charge is 0.255 e. The van der Waals surface area contributed by atoms with Crippen molar-refractivity contribution in [1.29, 1.82) is 0 Å². The Hall–Kier alpha value is -2.35. The van der Waals surface area contributed by atoms with Gasteiger partial charge < -0.3 is 25.7 Å². The fraction of sp³-hybridized carbons (Fsp3) is 0.562. The summed E-state index contributed by atoms with van der Waals surface area (Å²) in [6.45, 7) is 3.41. The van der Waals surface area contributed by atoms with Crippen LogP contribution >= 0.6 is 0 Å². The van der Waals surface area contributed by atoms with E-state index in [1.165, 1.54) is 18.6 Å². The number of nitrogens with two attached hydrogens (primary N) is 1. The number of carbonyl (C=O) groups excluding carboxylic acids is 3. The van der Waals surface area contributed by atoms with Crippen LogP contribution in [0.15, 0.2) is 23.0 Å². The Labute approximate surface area is 140 Å². The third-order valence-corrected chi connectivity index (χ3v) is 4.05. The molecule has 132 valence electrons. The molecule has 1 aliphatic rings. The highest BCUT2D eigenvalue weighted by molar-refractivity contribution is 5.97. The first-order chi connectivity index (χ1) is 11.5. The molecule has 0 radical (unpaired) electrons. The quantitative estimate of drug-likeness (QED) is 0.660. The van der Waals surface area contributed by atoms with Gasteiger partial charge in [0.1, 0.15) is 12.3 Å². The van der Waals surface area contributed by atoms with E-state index in [1.807, 2.05) is 0 Å². The largest absolute Gasteiger partial charge is 0.472 e. The number of likely N-dealkylation sites (tertiary alicyclic amines) is 1. The molecule has 3 amide bonds. The van der Waals surface area contributed by atoms with Crippen LogP contribution in [0.3, 0.4) is 0 Å². The zero-order valence-electron chi connectivity index (χ0n) is 13.8. The summed E-state index contributed by atoms with van der Waals surface area (Å²) in [6.07, 6.45) is 4.23. The van der Waals surface area contributed by atoms with Gasteiger partial charge in [-0.25, -0.2) is 0 Å². The van der Waals surface area contributed by atoms with Gasteiger partial charge in [-0.15, -0.1) is 0 Å². The number of amides is 3. The number of carbonyl (C=O) groups is 3. The third-order valence-electron chi connectivity index (χ3n) is 4.05. The molecule has 1 fully saturated rings. The Balaban J connectivity index is 1.88. The molecule has 1 aromatic heterocycles. The lowest BCUT2D eigenvalue weighted by atomic mass is 9.96. The molecule has 0 spiro atoms. The summed E-state index contributed by atoms with van der Waals surface area (Å²) in [5.74, 6) is -0.860. The van der Waals surface area contributed by atoms with E-state index < -0.39 is 6.04 Å². The molecular weight excluding hydrogens is 312 g/mol. The fourth-order valence-corrected chi connectivity index (χ4v) is 2.74. The summed E-state index contributed by atoms with van der Waals surface area (Å²) >= 11 is 0. The molecule has 1 aliphatic heterocycles. The monoisotopic (exact) mass is 336 g/mol. The minimum Gasteiger partial charge on any atom is -0.472 e. The summed E-state index contributed by atoms with van der Waals surface area (Å²) in [4.78, 5) is 38.2. The van der Waals surface area contributed by atoms with E-state index >= 15 is 0 Å². The first-order valence-electron chi connectivity index (χ1n) is 8.12. The normalized spacial score (nSPS) is 18.8. The van der Waals surface area contributed by atoms with Crippen LogP contribution in [0, 0.1) is 5.92 Å². The van der Waals surface area contributed by atoms with Crippen molar-refractivity contribution >= 4 is 17.7 Å². The number of furan rings is 1. The summed E-state index contributed by atoms with van der Waals surface area (Å²) in [7, 11) is 0. The van der Waals surface area contributed by atoms with Crippen molar-refractivity contribution in [2.75, 3.05) is 26.2 Å². The van der Waals surface area contributed by atoms with Crippen molar-refractivity contribution in [2.45, 2.75) is 25.8 Å². The SMILES string of the molecule is CC(NC(=O)c1ccoc1)C(=O)N1CCCC(C(=O)NCCN)C1. The summed E-state index contributed by atoms with van der Waals surface area (Å²) in [5.41, 5.74) is 5.75. The van der Waals surface area contributed by atoms with Gasteiger partial charge in [-0.1, -0.05) is 0 Å². The van der Waals surface area contributed by atoms with Gasteiger partial charge in [0.15, 0.2) is 0 Å². The molecule has 8 heteroatoms. The predicted octanol–water partition coefficient (Wildman–Crippen LogP) is -0.289. The Morgan fingerprint density at radius 1 is 1.46 bits per heavy atom. The van der Waals surface area contributed by atoms with Crippen LogP contribution in [0.5, 0.6) is 0 Å². The first-order valence-corrected chi connectivity index (χ1v) is 8.12. The molecule has 4 N–H and O–H groups in total. The highest BCUT2D eigenvalue weighted by Crippen LogP contribution is 2.17. The van der Waals surface area contributed by atoms with E-state index in [0.29, 0.717) is 31.7 Å². The molecule has 2 atom stereocenters. The maximum Gasteiger partial charge on any atom is 0.255 e. The Bertz CT molecular complexity index is 573. The molecule has 0 aliphatic carbocycles. The fourth-order valence-electron chi connectivity index (χ4n) is 2.74. The average molecular weight is 336 g/mol. The van der Waals surface area contributed by atoms with E-state index in [1.54, 1.807) is 11.8 Å². The summed E-state index contributed by atoms with van der Waals surface area (Å²) < 4.78 is 4.86. The Morgan fingerprint density at radius 2 is 2.25 bits per heavy atom. The van der Waals surface area contributed by atoms with Crippen LogP contribution in [0.2, 0.25) is 0 Å². The Kier molecular flexibility index (Phi) is 6.36. The van der Waals surface area contributed by atoms with E-state index in [0.717, 1.165) is 12.8 Å². The Morgan fingerprint density at radius 3 is 2.92 bits per heavy atom. The van der Waals surface area contributed by atoms with Gasteiger partial charge in [0.05, 0.1) is 17.7 Å². The highest BCUT2D eigenvalue weighted by Gasteiger charge is 2.30. The summed E-state index contributed by atoms with van der Waals surface area (Å²) in [5, 5.41) is 5.41. The number of nitrogens with one attached hydrogen (secondary N) is 2. The standard InChI is InChI=1S/C16H24N4O4/c1-11(19-15(22)13-4-8-24-10-13)16(23)20-7-2-3-12(9-20)14(21)18-6-5-17/h4,8,10-12H,2-3,5-7,9,17H2,1H3,(H,18,21)(H,19,22). The molecule has 1 saturated heterocycles. The molecule has 2 rings (SSSR count). The minimum absolute atomic E-state index is 0.0759. The second kappa shape index (κ2) is 8.49. The number of hydrogen-bond donors (Lipinski definition) is 3. The van der Waals surface area contributed by atoms with Gasteiger partial charge in [-0.3, -0.25) is 14.4 Å². The van der Waals surface area contributed by atoms with Gasteiger partial charge in [0, 0.05) is 26.2 Å².